The van der Waals surface area contributed by atoms with Gasteiger partial charge in [0.1, 0.15) is 0 Å². The Morgan fingerprint density at radius 2 is 1.89 bits per heavy atom. The Morgan fingerprint density at radius 1 is 1.21 bits per heavy atom. The van der Waals surface area contributed by atoms with Crippen molar-refractivity contribution in [2.24, 2.45) is 0 Å². The van der Waals surface area contributed by atoms with Gasteiger partial charge in [-0.1, -0.05) is 0 Å². The number of hydrogen-bond acceptors (Lipinski definition) is 4. The van der Waals surface area contributed by atoms with E-state index < -0.39 is 10.0 Å². The summed E-state index contributed by atoms with van der Waals surface area (Å²) >= 11 is 0. The second-order valence-electron chi connectivity index (χ2n) is 5.69. The van der Waals surface area contributed by atoms with E-state index >= 15 is 0 Å². The molecule has 0 bridgehead atoms. The summed E-state index contributed by atoms with van der Waals surface area (Å²) in [6.45, 7) is 5.18. The van der Waals surface area contributed by atoms with Crippen LogP contribution in [-0.4, -0.2) is 81.6 Å². The Labute approximate surface area is 118 Å². The molecule has 0 amide bonds. The fourth-order valence-electron chi connectivity index (χ4n) is 2.53. The fourth-order valence-corrected chi connectivity index (χ4v) is 3.71. The van der Waals surface area contributed by atoms with Crippen LogP contribution < -0.4 is 0 Å². The van der Waals surface area contributed by atoms with E-state index in [4.69, 9.17) is 0 Å². The van der Waals surface area contributed by atoms with Crippen LogP contribution >= 0.6 is 0 Å². The summed E-state index contributed by atoms with van der Waals surface area (Å²) in [4.78, 5) is 4.50. The SMILES string of the molecule is CCS(=O)(=O)N1CCC[C@@H](N(C)CCCN(C)C)C1. The van der Waals surface area contributed by atoms with Crippen LogP contribution in [0.15, 0.2) is 0 Å². The molecule has 0 aromatic heterocycles. The molecule has 1 atom stereocenters. The predicted octanol–water partition coefficient (Wildman–Crippen LogP) is 0.684. The van der Waals surface area contributed by atoms with Gasteiger partial charge in [-0.15, -0.1) is 0 Å². The Balaban J connectivity index is 2.46. The topological polar surface area (TPSA) is 43.9 Å². The van der Waals surface area contributed by atoms with E-state index in [-0.39, 0.29) is 5.75 Å². The van der Waals surface area contributed by atoms with Crippen LogP contribution in [0, 0.1) is 0 Å². The molecule has 1 saturated heterocycles. The minimum atomic E-state index is -3.02. The summed E-state index contributed by atoms with van der Waals surface area (Å²) in [6, 6.07) is 0.372. The minimum absolute atomic E-state index is 0.212. The second kappa shape index (κ2) is 7.57. The van der Waals surface area contributed by atoms with E-state index in [1.807, 2.05) is 0 Å². The van der Waals surface area contributed by atoms with Crippen molar-refractivity contribution in [3.63, 3.8) is 0 Å². The molecule has 0 unspecified atom stereocenters. The first-order valence-electron chi connectivity index (χ1n) is 7.19. The largest absolute Gasteiger partial charge is 0.309 e. The molecule has 1 rings (SSSR count). The van der Waals surface area contributed by atoms with Gasteiger partial charge in [-0.05, 0) is 60.4 Å². The lowest BCUT2D eigenvalue weighted by atomic mass is 10.1. The van der Waals surface area contributed by atoms with Gasteiger partial charge in [0.05, 0.1) is 5.75 Å². The molecular weight excluding hydrogens is 262 g/mol. The lowest BCUT2D eigenvalue weighted by Gasteiger charge is -2.37. The standard InChI is InChI=1S/C13H29N3O2S/c1-5-19(17,18)16-11-6-8-13(12-16)15(4)10-7-9-14(2)3/h13H,5-12H2,1-4H3/t13-/m1/s1. The summed E-state index contributed by atoms with van der Waals surface area (Å²) in [6.07, 6.45) is 3.21. The van der Waals surface area contributed by atoms with Gasteiger partial charge in [0.2, 0.25) is 10.0 Å². The van der Waals surface area contributed by atoms with E-state index in [1.54, 1.807) is 11.2 Å². The quantitative estimate of drug-likeness (QED) is 0.692. The van der Waals surface area contributed by atoms with Crippen molar-refractivity contribution in [2.45, 2.75) is 32.2 Å². The Morgan fingerprint density at radius 3 is 2.47 bits per heavy atom. The van der Waals surface area contributed by atoms with Crippen LogP contribution in [0.25, 0.3) is 0 Å². The summed E-state index contributed by atoms with van der Waals surface area (Å²) in [5.74, 6) is 0.212. The molecule has 1 aliphatic heterocycles. The number of piperidine rings is 1. The lowest BCUT2D eigenvalue weighted by molar-refractivity contribution is 0.158. The van der Waals surface area contributed by atoms with Crippen LogP contribution in [0.4, 0.5) is 0 Å². The Kier molecular flexibility index (Phi) is 6.73. The van der Waals surface area contributed by atoms with Crippen LogP contribution in [0.5, 0.6) is 0 Å². The molecule has 0 N–H and O–H groups in total. The minimum Gasteiger partial charge on any atom is -0.309 e. The molecule has 1 aliphatic rings. The average molecular weight is 291 g/mol. The second-order valence-corrected chi connectivity index (χ2v) is 7.95. The molecule has 1 heterocycles. The fraction of sp³-hybridized carbons (Fsp3) is 1.00. The van der Waals surface area contributed by atoms with E-state index in [0.29, 0.717) is 19.1 Å². The molecule has 0 aliphatic carbocycles. The molecule has 1 fully saturated rings. The van der Waals surface area contributed by atoms with Crippen molar-refractivity contribution in [3.8, 4) is 0 Å². The number of nitrogens with zero attached hydrogens (tertiary/aromatic N) is 3. The first kappa shape index (κ1) is 16.9. The Bertz CT molecular complexity index is 357. The normalized spacial score (nSPS) is 22.3. The smallest absolute Gasteiger partial charge is 0.213 e. The third-order valence-corrected chi connectivity index (χ3v) is 5.70. The maximum absolute atomic E-state index is 11.9. The van der Waals surface area contributed by atoms with Gasteiger partial charge >= 0.3 is 0 Å². The van der Waals surface area contributed by atoms with Crippen molar-refractivity contribution in [1.29, 1.82) is 0 Å². The zero-order valence-corrected chi connectivity index (χ0v) is 13.6. The summed E-state index contributed by atoms with van der Waals surface area (Å²) in [5.41, 5.74) is 0. The van der Waals surface area contributed by atoms with Gasteiger partial charge in [0, 0.05) is 19.1 Å². The summed E-state index contributed by atoms with van der Waals surface area (Å²) in [7, 11) is 3.25. The number of rotatable bonds is 7. The first-order valence-corrected chi connectivity index (χ1v) is 8.80. The van der Waals surface area contributed by atoms with Crippen LogP contribution in [-0.2, 0) is 10.0 Å². The van der Waals surface area contributed by atoms with Crippen LogP contribution in [0.3, 0.4) is 0 Å². The molecule has 0 saturated carbocycles. The maximum Gasteiger partial charge on any atom is 0.213 e. The molecule has 5 nitrogen and oxygen atoms in total. The predicted molar refractivity (Wildman–Crippen MR) is 79.9 cm³/mol. The summed E-state index contributed by atoms with van der Waals surface area (Å²) in [5, 5.41) is 0. The molecule has 6 heteroatoms. The van der Waals surface area contributed by atoms with Crippen molar-refractivity contribution in [2.75, 3.05) is 53.1 Å². The third-order valence-electron chi connectivity index (χ3n) is 3.86. The van der Waals surface area contributed by atoms with Gasteiger partial charge in [0.15, 0.2) is 0 Å². The van der Waals surface area contributed by atoms with Gasteiger partial charge in [-0.3, -0.25) is 0 Å². The summed E-state index contributed by atoms with van der Waals surface area (Å²) < 4.78 is 25.5. The van der Waals surface area contributed by atoms with Gasteiger partial charge in [-0.25, -0.2) is 12.7 Å². The average Bonchev–Trinajstić information content (AvgIpc) is 2.38. The molecule has 0 aromatic carbocycles. The number of sulfonamides is 1. The zero-order chi connectivity index (χ0) is 14.5. The Hall–Kier alpha value is -0.170. The van der Waals surface area contributed by atoms with Crippen molar-refractivity contribution in [1.82, 2.24) is 14.1 Å². The highest BCUT2D eigenvalue weighted by molar-refractivity contribution is 7.89. The number of likely N-dealkylation sites (N-methyl/N-ethyl adjacent to an activating group) is 1. The van der Waals surface area contributed by atoms with Crippen molar-refractivity contribution < 1.29 is 8.42 Å². The first-order chi connectivity index (χ1) is 8.86. The van der Waals surface area contributed by atoms with Crippen molar-refractivity contribution >= 4 is 10.0 Å². The molecule has 0 spiro atoms. The number of hydrogen-bond donors (Lipinski definition) is 0. The van der Waals surface area contributed by atoms with Gasteiger partial charge in [0.25, 0.3) is 0 Å². The van der Waals surface area contributed by atoms with E-state index in [2.05, 4.69) is 30.9 Å². The van der Waals surface area contributed by atoms with Gasteiger partial charge in [-0.2, -0.15) is 0 Å². The molecule has 0 aromatic rings. The van der Waals surface area contributed by atoms with E-state index in [1.165, 1.54) is 0 Å². The third kappa shape index (κ3) is 5.38. The van der Waals surface area contributed by atoms with Gasteiger partial charge < -0.3 is 9.80 Å². The molecule has 0 radical (unpaired) electrons. The molecule has 19 heavy (non-hydrogen) atoms. The monoisotopic (exact) mass is 291 g/mol. The highest BCUT2D eigenvalue weighted by Gasteiger charge is 2.29. The van der Waals surface area contributed by atoms with Crippen LogP contribution in [0.1, 0.15) is 26.2 Å². The van der Waals surface area contributed by atoms with Crippen LogP contribution in [0.2, 0.25) is 0 Å². The molecule has 114 valence electrons. The lowest BCUT2D eigenvalue weighted by Crippen LogP contribution is -2.49. The maximum atomic E-state index is 11.9. The molecular formula is C13H29N3O2S. The zero-order valence-electron chi connectivity index (χ0n) is 12.8. The highest BCUT2D eigenvalue weighted by atomic mass is 32.2. The highest BCUT2D eigenvalue weighted by Crippen LogP contribution is 2.18. The van der Waals surface area contributed by atoms with Crippen molar-refractivity contribution in [3.05, 3.63) is 0 Å². The van der Waals surface area contributed by atoms with E-state index in [0.717, 1.165) is 32.4 Å². The van der Waals surface area contributed by atoms with E-state index in [9.17, 15) is 8.42 Å².